The lowest BCUT2D eigenvalue weighted by Gasteiger charge is -2.10. The molecule has 0 amide bonds. The first-order chi connectivity index (χ1) is 13.6. The van der Waals surface area contributed by atoms with E-state index in [1.54, 1.807) is 0 Å². The molecule has 156 valence electrons. The summed E-state index contributed by atoms with van der Waals surface area (Å²) in [5, 5.41) is 6.32. The summed E-state index contributed by atoms with van der Waals surface area (Å²) in [5.74, 6) is -3.03. The van der Waals surface area contributed by atoms with E-state index in [0.717, 1.165) is 10.7 Å². The Kier molecular flexibility index (Phi) is 6.94. The number of hydrogen-bond donors (Lipinski definition) is 1. The highest BCUT2D eigenvalue weighted by Gasteiger charge is 2.34. The topological polar surface area (TPSA) is 29.9 Å². The van der Waals surface area contributed by atoms with Crippen molar-refractivity contribution in [3.63, 3.8) is 0 Å². The highest BCUT2D eigenvalue weighted by atomic mass is 19.4. The number of aryl methyl sites for hydroxylation is 1. The van der Waals surface area contributed by atoms with E-state index in [-0.39, 0.29) is 12.1 Å². The molecule has 29 heavy (non-hydrogen) atoms. The zero-order chi connectivity index (χ0) is 21.8. The van der Waals surface area contributed by atoms with Crippen molar-refractivity contribution in [2.75, 3.05) is 5.32 Å². The third-order valence-electron chi connectivity index (χ3n) is 3.86. The first kappa shape index (κ1) is 22.3. The second kappa shape index (κ2) is 9.02. The van der Waals surface area contributed by atoms with E-state index in [4.69, 9.17) is 0 Å². The van der Waals surface area contributed by atoms with E-state index in [0.29, 0.717) is 29.2 Å². The minimum Gasteiger partial charge on any atom is -0.381 e. The van der Waals surface area contributed by atoms with Gasteiger partial charge in [0, 0.05) is 35.6 Å². The van der Waals surface area contributed by atoms with Crippen molar-refractivity contribution in [3.05, 3.63) is 76.9 Å². The largest absolute Gasteiger partial charge is 0.435 e. The molecular weight excluding hydrogens is 396 g/mol. The SMILES string of the molecule is CC.Cc1cc(C(F)(F)F)nn1-c1ccc(NCc2c(F)cc(F)cc2F)cc1. The average Bonchev–Trinajstić information content (AvgIpc) is 3.05. The maximum Gasteiger partial charge on any atom is 0.435 e. The van der Waals surface area contributed by atoms with Gasteiger partial charge in [0.1, 0.15) is 17.5 Å². The lowest BCUT2D eigenvalue weighted by atomic mass is 10.2. The Morgan fingerprint density at radius 3 is 1.97 bits per heavy atom. The molecule has 3 nitrogen and oxygen atoms in total. The molecule has 1 heterocycles. The Bertz CT molecular complexity index is 938. The van der Waals surface area contributed by atoms with Crippen LogP contribution in [-0.2, 0) is 12.7 Å². The highest BCUT2D eigenvalue weighted by Crippen LogP contribution is 2.29. The van der Waals surface area contributed by atoms with Gasteiger partial charge in [-0.05, 0) is 37.3 Å². The normalized spacial score (nSPS) is 11.1. The summed E-state index contributed by atoms with van der Waals surface area (Å²) in [4.78, 5) is 0. The van der Waals surface area contributed by atoms with Crippen LogP contribution in [0.4, 0.5) is 32.0 Å². The summed E-state index contributed by atoms with van der Waals surface area (Å²) >= 11 is 0. The predicted molar refractivity (Wildman–Crippen MR) is 98.3 cm³/mol. The van der Waals surface area contributed by atoms with Crippen molar-refractivity contribution >= 4 is 5.69 Å². The predicted octanol–water partition coefficient (Wildman–Crippen LogP) is 6.26. The van der Waals surface area contributed by atoms with Crippen LogP contribution in [0.3, 0.4) is 0 Å². The van der Waals surface area contributed by atoms with Crippen molar-refractivity contribution in [2.45, 2.75) is 33.5 Å². The Balaban J connectivity index is 0.00000145. The van der Waals surface area contributed by atoms with Gasteiger partial charge in [-0.25, -0.2) is 17.9 Å². The van der Waals surface area contributed by atoms with Gasteiger partial charge in [0.2, 0.25) is 0 Å². The molecule has 0 spiro atoms. The summed E-state index contributed by atoms with van der Waals surface area (Å²) in [6.45, 7) is 5.27. The lowest BCUT2D eigenvalue weighted by Crippen LogP contribution is -2.08. The van der Waals surface area contributed by atoms with E-state index in [1.807, 2.05) is 13.8 Å². The number of aromatic nitrogens is 2. The highest BCUT2D eigenvalue weighted by molar-refractivity contribution is 5.49. The van der Waals surface area contributed by atoms with Crippen LogP contribution in [0, 0.1) is 24.4 Å². The number of nitrogens with zero attached hydrogens (tertiary/aromatic N) is 2. The van der Waals surface area contributed by atoms with Crippen molar-refractivity contribution in [1.82, 2.24) is 9.78 Å². The summed E-state index contributed by atoms with van der Waals surface area (Å²) in [6.07, 6.45) is -4.54. The van der Waals surface area contributed by atoms with Crippen LogP contribution in [0.2, 0.25) is 0 Å². The van der Waals surface area contributed by atoms with Crippen LogP contribution in [0.5, 0.6) is 0 Å². The molecule has 9 heteroatoms. The third kappa shape index (κ3) is 5.30. The van der Waals surface area contributed by atoms with E-state index in [1.165, 1.54) is 31.2 Å². The Morgan fingerprint density at radius 2 is 1.48 bits per heavy atom. The molecule has 0 radical (unpaired) electrons. The van der Waals surface area contributed by atoms with Gasteiger partial charge in [-0.3, -0.25) is 0 Å². The lowest BCUT2D eigenvalue weighted by molar-refractivity contribution is -0.141. The van der Waals surface area contributed by atoms with Crippen LogP contribution in [0.25, 0.3) is 5.69 Å². The van der Waals surface area contributed by atoms with Crippen LogP contribution in [0.1, 0.15) is 30.8 Å². The van der Waals surface area contributed by atoms with E-state index in [2.05, 4.69) is 10.4 Å². The molecule has 0 saturated carbocycles. The van der Waals surface area contributed by atoms with Gasteiger partial charge in [0.25, 0.3) is 0 Å². The molecule has 0 fully saturated rings. The molecule has 0 aliphatic carbocycles. The molecule has 3 rings (SSSR count). The van der Waals surface area contributed by atoms with Gasteiger partial charge in [-0.2, -0.15) is 18.3 Å². The van der Waals surface area contributed by atoms with E-state index >= 15 is 0 Å². The monoisotopic (exact) mass is 415 g/mol. The van der Waals surface area contributed by atoms with Gasteiger partial charge in [-0.1, -0.05) is 13.8 Å². The second-order valence-corrected chi connectivity index (χ2v) is 5.83. The van der Waals surface area contributed by atoms with E-state index in [9.17, 15) is 26.3 Å². The molecule has 0 atom stereocenters. The first-order valence-electron chi connectivity index (χ1n) is 8.77. The number of alkyl halides is 3. The molecular formula is C20H19F6N3. The quantitative estimate of drug-likeness (QED) is 0.510. The number of rotatable bonds is 4. The van der Waals surface area contributed by atoms with Gasteiger partial charge < -0.3 is 5.32 Å². The van der Waals surface area contributed by atoms with Crippen LogP contribution >= 0.6 is 0 Å². The summed E-state index contributed by atoms with van der Waals surface area (Å²) < 4.78 is 79.5. The number of nitrogens with one attached hydrogen (secondary N) is 1. The smallest absolute Gasteiger partial charge is 0.381 e. The van der Waals surface area contributed by atoms with E-state index < -0.39 is 29.3 Å². The van der Waals surface area contributed by atoms with Crippen molar-refractivity contribution < 1.29 is 26.3 Å². The molecule has 0 saturated heterocycles. The number of benzene rings is 2. The van der Waals surface area contributed by atoms with Crippen molar-refractivity contribution in [3.8, 4) is 5.69 Å². The van der Waals surface area contributed by atoms with Gasteiger partial charge in [0.15, 0.2) is 5.69 Å². The maximum atomic E-state index is 13.6. The Labute approximate surface area is 164 Å². The summed E-state index contributed by atoms with van der Waals surface area (Å²) in [6, 6.07) is 8.20. The summed E-state index contributed by atoms with van der Waals surface area (Å²) in [5.41, 5.74) is -0.142. The van der Waals surface area contributed by atoms with Gasteiger partial charge >= 0.3 is 6.18 Å². The molecule has 3 aromatic rings. The molecule has 0 aliphatic rings. The van der Waals surface area contributed by atoms with Crippen molar-refractivity contribution in [1.29, 1.82) is 0 Å². The average molecular weight is 415 g/mol. The fraction of sp³-hybridized carbons (Fsp3) is 0.250. The van der Waals surface area contributed by atoms with Gasteiger partial charge in [0.05, 0.1) is 5.69 Å². The standard InChI is InChI=1S/C18H13F6N3.C2H6/c1-10-6-17(18(22,23)24)26-27(10)13-4-2-12(3-5-13)25-9-14-15(20)7-11(19)8-16(14)21;1-2/h2-8,25H,9H2,1H3;1-2H3. The molecule has 0 unspecified atom stereocenters. The molecule has 0 bridgehead atoms. The third-order valence-corrected chi connectivity index (χ3v) is 3.86. The number of halogens is 6. The van der Waals surface area contributed by atoms with Crippen LogP contribution < -0.4 is 5.32 Å². The van der Waals surface area contributed by atoms with Crippen LogP contribution in [-0.4, -0.2) is 9.78 Å². The molecule has 0 aliphatic heterocycles. The molecule has 1 aromatic heterocycles. The summed E-state index contributed by atoms with van der Waals surface area (Å²) in [7, 11) is 0. The Morgan fingerprint density at radius 1 is 0.931 bits per heavy atom. The fourth-order valence-electron chi connectivity index (χ4n) is 2.53. The maximum absolute atomic E-state index is 13.6. The van der Waals surface area contributed by atoms with Crippen molar-refractivity contribution in [2.24, 2.45) is 0 Å². The fourth-order valence-corrected chi connectivity index (χ4v) is 2.53. The van der Waals surface area contributed by atoms with Gasteiger partial charge in [-0.15, -0.1) is 0 Å². The van der Waals surface area contributed by atoms with Crippen LogP contribution in [0.15, 0.2) is 42.5 Å². The number of hydrogen-bond acceptors (Lipinski definition) is 2. The second-order valence-electron chi connectivity index (χ2n) is 5.83. The Hall–Kier alpha value is -2.97. The molecule has 2 aromatic carbocycles. The first-order valence-corrected chi connectivity index (χ1v) is 8.77. The minimum absolute atomic E-state index is 0.226. The zero-order valence-corrected chi connectivity index (χ0v) is 15.9. The minimum atomic E-state index is -4.54. The number of anilines is 1. The zero-order valence-electron chi connectivity index (χ0n) is 15.9. The molecule has 1 N–H and O–H groups in total.